The zero-order valence-corrected chi connectivity index (χ0v) is 11.5. The molecule has 2 nitrogen and oxygen atoms in total. The number of rotatable bonds is 3. The van der Waals surface area contributed by atoms with Crippen molar-refractivity contribution in [2.45, 2.75) is 6.42 Å². The number of ether oxygens (including phenoxy) is 1. The van der Waals surface area contributed by atoms with Crippen LogP contribution in [0.3, 0.4) is 0 Å². The van der Waals surface area contributed by atoms with Gasteiger partial charge < -0.3 is 9.84 Å². The van der Waals surface area contributed by atoms with Crippen molar-refractivity contribution in [2.24, 2.45) is 0 Å². The van der Waals surface area contributed by atoms with E-state index in [4.69, 9.17) is 4.74 Å². The van der Waals surface area contributed by atoms with E-state index in [1.807, 2.05) is 12.1 Å². The molecule has 4 heteroatoms. The zero-order chi connectivity index (χ0) is 9.84. The second-order valence-electron chi connectivity index (χ2n) is 2.64. The number of hydrogen-bond donors (Lipinski definition) is 1. The molecule has 0 atom stereocenters. The molecule has 1 aromatic carbocycles. The first-order chi connectivity index (χ1) is 6.15. The van der Waals surface area contributed by atoms with Gasteiger partial charge in [-0.2, -0.15) is 0 Å². The van der Waals surface area contributed by atoms with Crippen LogP contribution in [0.5, 0.6) is 5.75 Å². The van der Waals surface area contributed by atoms with Gasteiger partial charge in [-0.05, 0) is 69.3 Å². The Morgan fingerprint density at radius 2 is 2.00 bits per heavy atom. The van der Waals surface area contributed by atoms with Crippen molar-refractivity contribution in [3.8, 4) is 5.75 Å². The highest BCUT2D eigenvalue weighted by Crippen LogP contribution is 2.25. The van der Waals surface area contributed by atoms with E-state index in [0.29, 0.717) is 12.4 Å². The summed E-state index contributed by atoms with van der Waals surface area (Å²) in [5.74, 6) is 0.354. The molecule has 13 heavy (non-hydrogen) atoms. The molecule has 0 radical (unpaired) electrons. The zero-order valence-electron chi connectivity index (χ0n) is 7.18. The molecule has 0 unspecified atom stereocenters. The fourth-order valence-electron chi connectivity index (χ4n) is 0.984. The van der Waals surface area contributed by atoms with Gasteiger partial charge in [0.1, 0.15) is 5.75 Å². The predicted molar refractivity (Wildman–Crippen MR) is 69.1 cm³/mol. The Morgan fingerprint density at radius 3 is 2.62 bits per heavy atom. The van der Waals surface area contributed by atoms with Gasteiger partial charge >= 0.3 is 0 Å². The highest BCUT2D eigenvalue weighted by Gasteiger charge is 2.04. The molecule has 0 heterocycles. The van der Waals surface area contributed by atoms with Crippen molar-refractivity contribution in [2.75, 3.05) is 13.7 Å². The molecule has 0 saturated carbocycles. The first kappa shape index (κ1) is 11.5. The minimum atomic E-state index is 0.354. The van der Waals surface area contributed by atoms with Crippen LogP contribution in [0.4, 0.5) is 0 Å². The van der Waals surface area contributed by atoms with Crippen molar-refractivity contribution >= 4 is 45.2 Å². The van der Waals surface area contributed by atoms with E-state index in [1.54, 1.807) is 7.11 Å². The Kier molecular flexibility index (Phi) is 4.74. The van der Waals surface area contributed by atoms with Crippen molar-refractivity contribution in [3.05, 3.63) is 24.8 Å². The Labute approximate surface area is 105 Å². The predicted octanol–water partition coefficient (Wildman–Crippen LogP) is 2.79. The molecule has 0 saturated heterocycles. The minimum absolute atomic E-state index is 0.354. The van der Waals surface area contributed by atoms with E-state index < -0.39 is 0 Å². The molecule has 0 aliphatic rings. The lowest BCUT2D eigenvalue weighted by Crippen LogP contribution is -1.97. The largest absolute Gasteiger partial charge is 0.507 e. The quantitative estimate of drug-likeness (QED) is 0.786. The summed E-state index contributed by atoms with van der Waals surface area (Å²) >= 11 is 4.39. The third-order valence-corrected chi connectivity index (χ3v) is 3.56. The second kappa shape index (κ2) is 5.35. The topological polar surface area (TPSA) is 29.5 Å². The maximum absolute atomic E-state index is 9.47. The monoisotopic (exact) mass is 404 g/mol. The Bertz CT molecular complexity index is 300. The van der Waals surface area contributed by atoms with Gasteiger partial charge in [-0.15, -0.1) is 0 Å². The van der Waals surface area contributed by atoms with Gasteiger partial charge in [0.25, 0.3) is 0 Å². The molecule has 0 spiro atoms. The van der Waals surface area contributed by atoms with Crippen LogP contribution in [0.15, 0.2) is 12.1 Å². The SMILES string of the molecule is COCCc1cc(O)c(I)cc1I. The Hall–Kier alpha value is 0.440. The fraction of sp³-hybridized carbons (Fsp3) is 0.333. The van der Waals surface area contributed by atoms with Gasteiger partial charge in [-0.3, -0.25) is 0 Å². The summed E-state index contributed by atoms with van der Waals surface area (Å²) in [5, 5.41) is 9.47. The van der Waals surface area contributed by atoms with Crippen LogP contribution in [-0.4, -0.2) is 18.8 Å². The van der Waals surface area contributed by atoms with Crippen LogP contribution in [0, 0.1) is 7.14 Å². The standard InChI is InChI=1S/C9H10I2O2/c1-13-3-2-6-4-9(12)8(11)5-7(6)10/h4-5,12H,2-3H2,1H3. The average Bonchev–Trinajstić information content (AvgIpc) is 2.09. The Morgan fingerprint density at radius 1 is 1.31 bits per heavy atom. The van der Waals surface area contributed by atoms with Crippen LogP contribution in [0.25, 0.3) is 0 Å². The third kappa shape index (κ3) is 3.25. The lowest BCUT2D eigenvalue weighted by atomic mass is 10.1. The summed E-state index contributed by atoms with van der Waals surface area (Å²) in [6.07, 6.45) is 0.846. The lowest BCUT2D eigenvalue weighted by Gasteiger charge is -2.06. The Balaban J connectivity index is 2.88. The van der Waals surface area contributed by atoms with Crippen LogP contribution in [-0.2, 0) is 11.2 Å². The normalized spacial score (nSPS) is 10.4. The van der Waals surface area contributed by atoms with Crippen LogP contribution in [0.1, 0.15) is 5.56 Å². The molecule has 1 N–H and O–H groups in total. The summed E-state index contributed by atoms with van der Waals surface area (Å²) in [7, 11) is 1.68. The first-order valence-electron chi connectivity index (χ1n) is 3.81. The number of phenolic OH excluding ortho intramolecular Hbond substituents is 1. The lowest BCUT2D eigenvalue weighted by molar-refractivity contribution is 0.202. The van der Waals surface area contributed by atoms with Crippen molar-refractivity contribution in [1.29, 1.82) is 0 Å². The van der Waals surface area contributed by atoms with Crippen molar-refractivity contribution in [3.63, 3.8) is 0 Å². The van der Waals surface area contributed by atoms with Gasteiger partial charge in [-0.25, -0.2) is 0 Å². The molecule has 0 bridgehead atoms. The molecular weight excluding hydrogens is 394 g/mol. The number of halogens is 2. The maximum Gasteiger partial charge on any atom is 0.129 e. The average molecular weight is 404 g/mol. The highest BCUT2D eigenvalue weighted by molar-refractivity contribution is 14.1. The van der Waals surface area contributed by atoms with Crippen LogP contribution < -0.4 is 0 Å². The molecule has 0 amide bonds. The van der Waals surface area contributed by atoms with Crippen molar-refractivity contribution < 1.29 is 9.84 Å². The summed E-state index contributed by atoms with van der Waals surface area (Å²) in [6.45, 7) is 0.691. The summed E-state index contributed by atoms with van der Waals surface area (Å²) in [6, 6.07) is 3.78. The molecule has 0 aliphatic carbocycles. The molecule has 0 aliphatic heterocycles. The molecule has 1 rings (SSSR count). The molecule has 1 aromatic rings. The number of methoxy groups -OCH3 is 1. The van der Waals surface area contributed by atoms with Gasteiger partial charge in [0, 0.05) is 10.7 Å². The van der Waals surface area contributed by atoms with Crippen molar-refractivity contribution in [1.82, 2.24) is 0 Å². The van der Waals surface area contributed by atoms with E-state index in [1.165, 1.54) is 3.57 Å². The van der Waals surface area contributed by atoms with E-state index in [2.05, 4.69) is 45.2 Å². The third-order valence-electron chi connectivity index (χ3n) is 1.69. The van der Waals surface area contributed by atoms with Gasteiger partial charge in [0.15, 0.2) is 0 Å². The molecule has 0 fully saturated rings. The molecule has 0 aromatic heterocycles. The van der Waals surface area contributed by atoms with E-state index >= 15 is 0 Å². The minimum Gasteiger partial charge on any atom is -0.507 e. The maximum atomic E-state index is 9.47. The first-order valence-corrected chi connectivity index (χ1v) is 5.96. The van der Waals surface area contributed by atoms with Crippen LogP contribution >= 0.6 is 45.2 Å². The van der Waals surface area contributed by atoms with Gasteiger partial charge in [0.2, 0.25) is 0 Å². The van der Waals surface area contributed by atoms with E-state index in [0.717, 1.165) is 15.6 Å². The van der Waals surface area contributed by atoms with Crippen LogP contribution in [0.2, 0.25) is 0 Å². The number of benzene rings is 1. The number of aromatic hydroxyl groups is 1. The van der Waals surface area contributed by atoms with Gasteiger partial charge in [0.05, 0.1) is 10.2 Å². The number of hydrogen-bond acceptors (Lipinski definition) is 2. The fourth-order valence-corrected chi connectivity index (χ4v) is 2.78. The second-order valence-corrected chi connectivity index (χ2v) is 4.96. The summed E-state index contributed by atoms with van der Waals surface area (Å²) in [4.78, 5) is 0. The van der Waals surface area contributed by atoms with E-state index in [9.17, 15) is 5.11 Å². The molecule has 72 valence electrons. The highest BCUT2D eigenvalue weighted by atomic mass is 127. The van der Waals surface area contributed by atoms with E-state index in [-0.39, 0.29) is 0 Å². The molecular formula is C9H10I2O2. The summed E-state index contributed by atoms with van der Waals surface area (Å²) in [5.41, 5.74) is 1.14. The van der Waals surface area contributed by atoms with Gasteiger partial charge in [-0.1, -0.05) is 0 Å². The number of phenols is 1. The summed E-state index contributed by atoms with van der Waals surface area (Å²) < 4.78 is 7.05. The smallest absolute Gasteiger partial charge is 0.129 e.